The number of alkyl halides is 3. The van der Waals surface area contributed by atoms with Crippen LogP contribution in [0.15, 0.2) is 42.5 Å². The van der Waals surface area contributed by atoms with E-state index in [4.69, 9.17) is 4.74 Å². The van der Waals surface area contributed by atoms with Gasteiger partial charge in [0.15, 0.2) is 0 Å². The van der Waals surface area contributed by atoms with Crippen molar-refractivity contribution in [2.45, 2.75) is 57.7 Å². The summed E-state index contributed by atoms with van der Waals surface area (Å²) in [7, 11) is 0. The van der Waals surface area contributed by atoms with Gasteiger partial charge in [-0.3, -0.25) is 9.69 Å². The van der Waals surface area contributed by atoms with Gasteiger partial charge in [0, 0.05) is 13.1 Å². The van der Waals surface area contributed by atoms with E-state index >= 15 is 0 Å². The van der Waals surface area contributed by atoms with Crippen LogP contribution in [0, 0.1) is 18.8 Å². The zero-order valence-corrected chi connectivity index (χ0v) is 19.5. The molecule has 34 heavy (non-hydrogen) atoms. The number of ether oxygens (including phenoxy) is 1. The first-order valence-corrected chi connectivity index (χ1v) is 12.0. The fraction of sp³-hybridized carbons (Fsp3) is 0.519. The molecule has 4 rings (SSSR count). The Hall–Kier alpha value is -2.54. The Labute approximate surface area is 198 Å². The molecule has 184 valence electrons. The fourth-order valence-electron chi connectivity index (χ4n) is 5.08. The van der Waals surface area contributed by atoms with Gasteiger partial charge in [-0.05, 0) is 86.2 Å². The molecule has 2 aromatic carbocycles. The number of aliphatic carboxylic acids is 1. The van der Waals surface area contributed by atoms with Gasteiger partial charge < -0.3 is 9.84 Å². The second-order valence-corrected chi connectivity index (χ2v) is 9.80. The number of carbonyl (C=O) groups is 1. The Kier molecular flexibility index (Phi) is 7.51. The molecule has 1 aliphatic heterocycles. The Morgan fingerprint density at radius 3 is 2.68 bits per heavy atom. The number of hydrogen-bond acceptors (Lipinski definition) is 3. The number of likely N-dealkylation sites (tertiary alicyclic amines) is 1. The summed E-state index contributed by atoms with van der Waals surface area (Å²) in [5, 5.41) is 9.25. The zero-order valence-electron chi connectivity index (χ0n) is 19.5. The quantitative estimate of drug-likeness (QED) is 0.440. The third kappa shape index (κ3) is 6.53. The molecule has 2 fully saturated rings. The van der Waals surface area contributed by atoms with Crippen LogP contribution in [0.1, 0.15) is 60.3 Å². The highest BCUT2D eigenvalue weighted by atomic mass is 19.4. The van der Waals surface area contributed by atoms with E-state index in [1.165, 1.54) is 12.1 Å². The van der Waals surface area contributed by atoms with Crippen molar-refractivity contribution in [3.8, 4) is 5.75 Å². The zero-order chi connectivity index (χ0) is 24.3. The van der Waals surface area contributed by atoms with Crippen LogP contribution in [0.4, 0.5) is 13.2 Å². The topological polar surface area (TPSA) is 49.8 Å². The number of halogens is 3. The van der Waals surface area contributed by atoms with Crippen molar-refractivity contribution in [3.05, 3.63) is 64.7 Å². The van der Waals surface area contributed by atoms with E-state index in [-0.39, 0.29) is 12.3 Å². The van der Waals surface area contributed by atoms with Gasteiger partial charge in [0.1, 0.15) is 5.75 Å². The van der Waals surface area contributed by atoms with E-state index in [1.54, 1.807) is 6.07 Å². The molecular formula is C27H32F3NO3. The van der Waals surface area contributed by atoms with Crippen molar-refractivity contribution in [2.75, 3.05) is 19.7 Å². The average molecular weight is 476 g/mol. The standard InChI is InChI=1S/C27H32F3NO3/c1-18-5-8-25(27(28,29)30)22(13-18)17-31-11-9-19(16-31)10-12-34-23-4-2-3-21(14-23)24(15-26(32)33)20-6-7-20/h2-5,8,13-14,19-20,24H,6-7,9-12,15-17H2,1H3,(H,32,33)/t19?,24-/m0/s1. The van der Waals surface area contributed by atoms with Gasteiger partial charge in [0.25, 0.3) is 0 Å². The van der Waals surface area contributed by atoms with Crippen molar-refractivity contribution < 1.29 is 27.8 Å². The first-order valence-electron chi connectivity index (χ1n) is 12.0. The number of carboxylic acid groups (broad SMARTS) is 1. The van der Waals surface area contributed by atoms with Gasteiger partial charge in [0.2, 0.25) is 0 Å². The van der Waals surface area contributed by atoms with E-state index in [9.17, 15) is 23.1 Å². The lowest BCUT2D eigenvalue weighted by Crippen LogP contribution is -2.23. The van der Waals surface area contributed by atoms with Crippen molar-refractivity contribution >= 4 is 5.97 Å². The van der Waals surface area contributed by atoms with Crippen LogP contribution in [-0.4, -0.2) is 35.7 Å². The number of rotatable bonds is 10. The van der Waals surface area contributed by atoms with Crippen LogP contribution in [0.5, 0.6) is 5.75 Å². The number of hydrogen-bond donors (Lipinski definition) is 1. The molecule has 2 aromatic rings. The largest absolute Gasteiger partial charge is 0.494 e. The van der Waals surface area contributed by atoms with Gasteiger partial charge >= 0.3 is 12.1 Å². The molecule has 0 amide bonds. The molecule has 1 unspecified atom stereocenters. The summed E-state index contributed by atoms with van der Waals surface area (Å²) in [4.78, 5) is 13.4. The summed E-state index contributed by atoms with van der Waals surface area (Å²) in [6, 6.07) is 12.1. The van der Waals surface area contributed by atoms with Gasteiger partial charge in [-0.15, -0.1) is 0 Å². The van der Waals surface area contributed by atoms with E-state index in [0.29, 0.717) is 30.6 Å². The molecule has 1 heterocycles. The predicted octanol–water partition coefficient (Wildman–Crippen LogP) is 6.27. The highest BCUT2D eigenvalue weighted by Gasteiger charge is 2.35. The third-order valence-corrected chi connectivity index (χ3v) is 7.00. The van der Waals surface area contributed by atoms with E-state index in [0.717, 1.165) is 55.6 Å². The molecule has 4 nitrogen and oxygen atoms in total. The molecule has 1 saturated carbocycles. The van der Waals surface area contributed by atoms with E-state index < -0.39 is 17.7 Å². The highest BCUT2D eigenvalue weighted by Crippen LogP contribution is 2.45. The number of benzene rings is 2. The molecule has 2 atom stereocenters. The molecule has 2 aliphatic rings. The Bertz CT molecular complexity index is 1000. The van der Waals surface area contributed by atoms with Crippen molar-refractivity contribution in [2.24, 2.45) is 11.8 Å². The van der Waals surface area contributed by atoms with Crippen LogP contribution in [-0.2, 0) is 17.5 Å². The molecule has 1 aliphatic carbocycles. The molecule has 0 bridgehead atoms. The molecule has 0 spiro atoms. The maximum Gasteiger partial charge on any atom is 0.416 e. The normalized spacial score (nSPS) is 19.8. The summed E-state index contributed by atoms with van der Waals surface area (Å²) in [5.41, 5.74) is 1.65. The summed E-state index contributed by atoms with van der Waals surface area (Å²) in [6.45, 7) is 4.20. The monoisotopic (exact) mass is 475 g/mol. The van der Waals surface area contributed by atoms with E-state index in [2.05, 4.69) is 4.90 Å². The SMILES string of the molecule is Cc1ccc(C(F)(F)F)c(CN2CCC(CCOc3cccc([C@@H](CC(=O)O)C4CC4)c3)C2)c1. The summed E-state index contributed by atoms with van der Waals surface area (Å²) in [5.74, 6) is 0.836. The summed E-state index contributed by atoms with van der Waals surface area (Å²) >= 11 is 0. The first-order chi connectivity index (χ1) is 16.2. The van der Waals surface area contributed by atoms with Crippen LogP contribution in [0.2, 0.25) is 0 Å². The van der Waals surface area contributed by atoms with Crippen LogP contribution < -0.4 is 4.74 Å². The van der Waals surface area contributed by atoms with Crippen LogP contribution in [0.25, 0.3) is 0 Å². The van der Waals surface area contributed by atoms with Gasteiger partial charge in [-0.1, -0.05) is 29.8 Å². The van der Waals surface area contributed by atoms with Crippen molar-refractivity contribution in [3.63, 3.8) is 0 Å². The van der Waals surface area contributed by atoms with Gasteiger partial charge in [0.05, 0.1) is 18.6 Å². The number of aryl methyl sites for hydroxylation is 1. The smallest absolute Gasteiger partial charge is 0.416 e. The minimum absolute atomic E-state index is 0.0349. The Morgan fingerprint density at radius 1 is 1.18 bits per heavy atom. The second-order valence-electron chi connectivity index (χ2n) is 9.80. The summed E-state index contributed by atoms with van der Waals surface area (Å²) < 4.78 is 46.1. The van der Waals surface area contributed by atoms with E-state index in [1.807, 2.05) is 31.2 Å². The molecule has 1 saturated heterocycles. The van der Waals surface area contributed by atoms with Crippen LogP contribution in [0.3, 0.4) is 0 Å². The lowest BCUT2D eigenvalue weighted by atomic mass is 9.91. The molecular weight excluding hydrogens is 443 g/mol. The highest BCUT2D eigenvalue weighted by molar-refractivity contribution is 5.68. The molecule has 1 N–H and O–H groups in total. The average Bonchev–Trinajstić information content (AvgIpc) is 3.51. The van der Waals surface area contributed by atoms with Gasteiger partial charge in [-0.2, -0.15) is 13.2 Å². The molecule has 0 radical (unpaired) electrons. The van der Waals surface area contributed by atoms with Gasteiger partial charge in [-0.25, -0.2) is 0 Å². The molecule has 7 heteroatoms. The lowest BCUT2D eigenvalue weighted by molar-refractivity contribution is -0.139. The predicted molar refractivity (Wildman–Crippen MR) is 124 cm³/mol. The number of nitrogens with zero attached hydrogens (tertiary/aromatic N) is 1. The number of carboxylic acids is 1. The maximum atomic E-state index is 13.4. The third-order valence-electron chi connectivity index (χ3n) is 7.00. The van der Waals surface area contributed by atoms with Crippen molar-refractivity contribution in [1.29, 1.82) is 0 Å². The Balaban J connectivity index is 1.28. The second kappa shape index (κ2) is 10.4. The lowest BCUT2D eigenvalue weighted by Gasteiger charge is -2.20. The van der Waals surface area contributed by atoms with Crippen LogP contribution >= 0.6 is 0 Å². The fourth-order valence-corrected chi connectivity index (χ4v) is 5.08. The van der Waals surface area contributed by atoms with Crippen molar-refractivity contribution in [1.82, 2.24) is 4.90 Å². The molecule has 0 aromatic heterocycles. The minimum Gasteiger partial charge on any atom is -0.494 e. The first kappa shape index (κ1) is 24.6. The maximum absolute atomic E-state index is 13.4. The Morgan fingerprint density at radius 2 is 1.97 bits per heavy atom. The minimum atomic E-state index is -4.34. The summed E-state index contributed by atoms with van der Waals surface area (Å²) in [6.07, 6.45) is -0.264.